The first-order valence-corrected chi connectivity index (χ1v) is 11.9. The fourth-order valence-corrected chi connectivity index (χ4v) is 3.69. The maximum atomic E-state index is 13.4. The van der Waals surface area contributed by atoms with Crippen molar-refractivity contribution in [3.8, 4) is 0 Å². The molecule has 0 saturated carbocycles. The van der Waals surface area contributed by atoms with Gasteiger partial charge in [-0.15, -0.1) is 0 Å². The first-order chi connectivity index (χ1) is 16.5. The van der Waals surface area contributed by atoms with E-state index in [0.29, 0.717) is 37.5 Å². The average Bonchev–Trinajstić information content (AvgIpc) is 3.35. The Hall–Kier alpha value is -2.97. The van der Waals surface area contributed by atoms with E-state index in [2.05, 4.69) is 15.9 Å². The first kappa shape index (κ1) is 25.6. The zero-order valence-electron chi connectivity index (χ0n) is 19.1. The monoisotopic (exact) mass is 530 g/mol. The maximum absolute atomic E-state index is 13.4. The highest BCUT2D eigenvalue weighted by Gasteiger charge is 2.23. The molecule has 0 aliphatic carbocycles. The van der Waals surface area contributed by atoms with Gasteiger partial charge >= 0.3 is 0 Å². The van der Waals surface area contributed by atoms with Crippen LogP contribution in [0.2, 0.25) is 0 Å². The summed E-state index contributed by atoms with van der Waals surface area (Å²) in [5.74, 6) is -0.175. The number of amides is 2. The number of benzene rings is 2. The quantitative estimate of drug-likeness (QED) is 0.299. The van der Waals surface area contributed by atoms with Crippen LogP contribution in [0.3, 0.4) is 0 Å². The largest absolute Gasteiger partial charge is 0.467 e. The van der Waals surface area contributed by atoms with Gasteiger partial charge in [0.1, 0.15) is 18.1 Å². The van der Waals surface area contributed by atoms with Crippen LogP contribution >= 0.6 is 15.9 Å². The van der Waals surface area contributed by atoms with Gasteiger partial charge in [-0.2, -0.15) is 0 Å². The Balaban J connectivity index is 1.77. The molecule has 1 heterocycles. The van der Waals surface area contributed by atoms with Gasteiger partial charge in [-0.25, -0.2) is 4.39 Å². The van der Waals surface area contributed by atoms with Crippen LogP contribution in [-0.2, 0) is 22.6 Å². The zero-order valence-corrected chi connectivity index (χ0v) is 20.7. The molecule has 34 heavy (non-hydrogen) atoms. The number of ether oxygens (including phenoxy) is 1. The molecule has 180 valence electrons. The second-order valence-electron chi connectivity index (χ2n) is 7.74. The number of rotatable bonds is 12. The summed E-state index contributed by atoms with van der Waals surface area (Å²) in [6.45, 7) is 3.79. The lowest BCUT2D eigenvalue weighted by molar-refractivity contribution is -0.133. The molecule has 0 fully saturated rings. The molecule has 0 bridgehead atoms. The molecule has 6 nitrogen and oxygen atoms in total. The molecule has 0 spiro atoms. The molecule has 2 amide bonds. The van der Waals surface area contributed by atoms with Crippen molar-refractivity contribution >= 4 is 27.7 Å². The Labute approximate surface area is 207 Å². The summed E-state index contributed by atoms with van der Waals surface area (Å²) < 4.78 is 25.1. The summed E-state index contributed by atoms with van der Waals surface area (Å²) in [5, 5.41) is 0. The minimum Gasteiger partial charge on any atom is -0.467 e. The lowest BCUT2D eigenvalue weighted by Crippen LogP contribution is -2.43. The Kier molecular flexibility index (Phi) is 9.85. The normalized spacial score (nSPS) is 10.8. The van der Waals surface area contributed by atoms with Gasteiger partial charge in [-0.1, -0.05) is 28.1 Å². The van der Waals surface area contributed by atoms with E-state index in [0.717, 1.165) is 10.0 Å². The van der Waals surface area contributed by atoms with Crippen LogP contribution in [0.15, 0.2) is 75.8 Å². The SMILES string of the molecule is CCOCCCN(CC(=O)N(Cc1ccc(F)cc1)Cc1ccco1)C(=O)c1ccc(Br)cc1. The van der Waals surface area contributed by atoms with E-state index in [4.69, 9.17) is 9.15 Å². The van der Waals surface area contributed by atoms with Crippen LogP contribution in [-0.4, -0.2) is 47.9 Å². The Morgan fingerprint density at radius 1 is 1.00 bits per heavy atom. The lowest BCUT2D eigenvalue weighted by atomic mass is 10.1. The van der Waals surface area contributed by atoms with Crippen LogP contribution < -0.4 is 0 Å². The molecule has 3 aromatic rings. The van der Waals surface area contributed by atoms with Crippen LogP contribution in [0, 0.1) is 5.82 Å². The van der Waals surface area contributed by atoms with Crippen molar-refractivity contribution in [2.45, 2.75) is 26.4 Å². The molecule has 0 aliphatic rings. The minimum absolute atomic E-state index is 0.0943. The Morgan fingerprint density at radius 3 is 2.38 bits per heavy atom. The van der Waals surface area contributed by atoms with Crippen LogP contribution in [0.5, 0.6) is 0 Å². The summed E-state index contributed by atoms with van der Waals surface area (Å²) in [7, 11) is 0. The van der Waals surface area contributed by atoms with Gasteiger partial charge in [0, 0.05) is 36.3 Å². The summed E-state index contributed by atoms with van der Waals surface area (Å²) in [5.41, 5.74) is 1.28. The predicted molar refractivity (Wildman–Crippen MR) is 131 cm³/mol. The van der Waals surface area contributed by atoms with Gasteiger partial charge in [0.2, 0.25) is 5.91 Å². The molecule has 0 atom stereocenters. The molecule has 1 aromatic heterocycles. The predicted octanol–water partition coefficient (Wildman–Crippen LogP) is 5.28. The molecular formula is C26H28BrFN2O4. The van der Waals surface area contributed by atoms with E-state index in [1.807, 2.05) is 6.92 Å². The molecule has 3 rings (SSSR count). The number of hydrogen-bond donors (Lipinski definition) is 0. The van der Waals surface area contributed by atoms with Crippen molar-refractivity contribution in [2.75, 3.05) is 26.3 Å². The van der Waals surface area contributed by atoms with Gasteiger partial charge in [0.05, 0.1) is 12.8 Å². The van der Waals surface area contributed by atoms with Crippen LogP contribution in [0.25, 0.3) is 0 Å². The molecule has 8 heteroatoms. The first-order valence-electron chi connectivity index (χ1n) is 11.1. The smallest absolute Gasteiger partial charge is 0.254 e. The van der Waals surface area contributed by atoms with Gasteiger partial charge in [0.15, 0.2) is 0 Å². The van der Waals surface area contributed by atoms with Crippen molar-refractivity contribution in [1.82, 2.24) is 9.80 Å². The highest BCUT2D eigenvalue weighted by Crippen LogP contribution is 2.15. The minimum atomic E-state index is -0.340. The second kappa shape index (κ2) is 13.1. The fourth-order valence-electron chi connectivity index (χ4n) is 3.43. The van der Waals surface area contributed by atoms with Crippen molar-refractivity contribution in [2.24, 2.45) is 0 Å². The third-order valence-corrected chi connectivity index (χ3v) is 5.72. The lowest BCUT2D eigenvalue weighted by Gasteiger charge is -2.27. The number of nitrogens with zero attached hydrogens (tertiary/aromatic N) is 2. The molecule has 2 aromatic carbocycles. The number of carbonyl (C=O) groups is 2. The third kappa shape index (κ3) is 7.81. The summed E-state index contributed by atoms with van der Waals surface area (Å²) in [6.07, 6.45) is 2.16. The molecule has 0 unspecified atom stereocenters. The number of hydrogen-bond acceptors (Lipinski definition) is 4. The molecular weight excluding hydrogens is 503 g/mol. The summed E-state index contributed by atoms with van der Waals surface area (Å²) in [4.78, 5) is 29.8. The van der Waals surface area contributed by atoms with Gasteiger partial charge in [-0.05, 0) is 67.4 Å². The van der Waals surface area contributed by atoms with Gasteiger partial charge in [0.25, 0.3) is 5.91 Å². The fraction of sp³-hybridized carbons (Fsp3) is 0.308. The second-order valence-corrected chi connectivity index (χ2v) is 8.66. The summed E-state index contributed by atoms with van der Waals surface area (Å²) in [6, 6.07) is 16.6. The molecule has 0 radical (unpaired) electrons. The topological polar surface area (TPSA) is 63.0 Å². The average molecular weight is 531 g/mol. The standard InChI is InChI=1S/C26H28BrFN2O4/c1-2-33-15-4-14-29(26(32)21-8-10-22(27)11-9-21)19-25(31)30(18-24-5-3-16-34-24)17-20-6-12-23(28)13-7-20/h3,5-13,16H,2,4,14-15,17-19H2,1H3. The van der Waals surface area contributed by atoms with E-state index in [9.17, 15) is 14.0 Å². The molecule has 0 aliphatic heterocycles. The Bertz CT molecular complexity index is 1040. The van der Waals surface area contributed by atoms with Gasteiger partial charge < -0.3 is 19.0 Å². The van der Waals surface area contributed by atoms with E-state index in [1.54, 1.807) is 64.6 Å². The maximum Gasteiger partial charge on any atom is 0.254 e. The zero-order chi connectivity index (χ0) is 24.3. The number of carbonyl (C=O) groups excluding carboxylic acids is 2. The van der Waals surface area contributed by atoms with E-state index in [1.165, 1.54) is 12.1 Å². The highest BCUT2D eigenvalue weighted by atomic mass is 79.9. The molecule has 0 saturated heterocycles. The number of halogens is 2. The number of furan rings is 1. The van der Waals surface area contributed by atoms with Crippen LogP contribution in [0.4, 0.5) is 4.39 Å². The van der Waals surface area contributed by atoms with E-state index in [-0.39, 0.29) is 37.3 Å². The van der Waals surface area contributed by atoms with E-state index >= 15 is 0 Å². The summed E-state index contributed by atoms with van der Waals surface area (Å²) >= 11 is 3.38. The third-order valence-electron chi connectivity index (χ3n) is 5.19. The Morgan fingerprint density at radius 2 is 1.74 bits per heavy atom. The highest BCUT2D eigenvalue weighted by molar-refractivity contribution is 9.10. The molecule has 0 N–H and O–H groups in total. The van der Waals surface area contributed by atoms with Crippen molar-refractivity contribution < 1.29 is 23.1 Å². The van der Waals surface area contributed by atoms with Crippen molar-refractivity contribution in [3.05, 3.63) is 94.1 Å². The van der Waals surface area contributed by atoms with Crippen molar-refractivity contribution in [3.63, 3.8) is 0 Å². The van der Waals surface area contributed by atoms with Crippen LogP contribution in [0.1, 0.15) is 35.0 Å². The van der Waals surface area contributed by atoms with Crippen molar-refractivity contribution in [1.29, 1.82) is 0 Å². The van der Waals surface area contributed by atoms with Gasteiger partial charge in [-0.3, -0.25) is 9.59 Å². The van der Waals surface area contributed by atoms with E-state index < -0.39 is 0 Å².